The Hall–Kier alpha value is -5.27. The second-order valence-corrected chi connectivity index (χ2v) is 8.48. The van der Waals surface area contributed by atoms with Crippen LogP contribution in [0.1, 0.15) is 15.9 Å². The van der Waals surface area contributed by atoms with Crippen molar-refractivity contribution in [1.29, 1.82) is 0 Å². The molecule has 1 aromatic heterocycles. The number of aromatic nitrogens is 2. The number of carbonyl (C=O) groups is 3. The van der Waals surface area contributed by atoms with Crippen molar-refractivity contribution in [1.82, 2.24) is 9.13 Å². The van der Waals surface area contributed by atoms with Crippen LogP contribution in [0.4, 0.5) is 17.2 Å². The Kier molecular flexibility index (Phi) is 8.60. The van der Waals surface area contributed by atoms with Crippen LogP contribution in [0.25, 0.3) is 0 Å². The molecule has 4 rings (SSSR count). The Bertz CT molecular complexity index is 1530. The molecule has 0 atom stereocenters. The van der Waals surface area contributed by atoms with Crippen LogP contribution in [0.3, 0.4) is 0 Å². The molecular formula is C25H25N5O9. The molecule has 2 aromatic carbocycles. The van der Waals surface area contributed by atoms with Crippen molar-refractivity contribution in [2.45, 2.75) is 0 Å². The van der Waals surface area contributed by atoms with Crippen LogP contribution in [0, 0.1) is 10.1 Å². The quantitative estimate of drug-likeness (QED) is 0.201. The number of hydrogen-bond acceptors (Lipinski definition) is 9. The number of carboxylic acids is 2. The summed E-state index contributed by atoms with van der Waals surface area (Å²) in [5.74, 6) is -3.40. The van der Waals surface area contributed by atoms with E-state index >= 15 is 0 Å². The first-order chi connectivity index (χ1) is 18.4. The van der Waals surface area contributed by atoms with Crippen molar-refractivity contribution in [3.05, 3.63) is 96.7 Å². The molecule has 1 aliphatic heterocycles. The summed E-state index contributed by atoms with van der Waals surface area (Å²) in [7, 11) is 3.06. The van der Waals surface area contributed by atoms with Crippen LogP contribution in [-0.4, -0.2) is 68.2 Å². The fourth-order valence-electron chi connectivity index (χ4n) is 4.04. The molecule has 2 heterocycles. The highest BCUT2D eigenvalue weighted by Gasteiger charge is 2.25. The van der Waals surface area contributed by atoms with Gasteiger partial charge in [-0.2, -0.15) is 0 Å². The molecule has 0 unspecified atom stereocenters. The fourth-order valence-corrected chi connectivity index (χ4v) is 4.04. The number of nitro groups is 1. The Balaban J connectivity index is 0.000000631. The summed E-state index contributed by atoms with van der Waals surface area (Å²) in [5, 5.41) is 26.1. The lowest BCUT2D eigenvalue weighted by Crippen LogP contribution is -2.49. The van der Waals surface area contributed by atoms with Crippen LogP contribution < -0.4 is 21.0 Å². The molecule has 3 aromatic rings. The van der Waals surface area contributed by atoms with Crippen molar-refractivity contribution in [3.8, 4) is 0 Å². The van der Waals surface area contributed by atoms with Crippen LogP contribution in [0.15, 0.2) is 64.2 Å². The van der Waals surface area contributed by atoms with Gasteiger partial charge in [0.15, 0.2) is 5.78 Å². The van der Waals surface area contributed by atoms with E-state index in [2.05, 4.69) is 0 Å². The largest absolute Gasteiger partial charge is 0.473 e. The van der Waals surface area contributed by atoms with Gasteiger partial charge in [0.1, 0.15) is 5.82 Å². The van der Waals surface area contributed by atoms with Gasteiger partial charge in [-0.15, -0.1) is 0 Å². The van der Waals surface area contributed by atoms with Crippen LogP contribution in [0.5, 0.6) is 0 Å². The Morgan fingerprint density at radius 1 is 0.821 bits per heavy atom. The third kappa shape index (κ3) is 6.36. The van der Waals surface area contributed by atoms with Gasteiger partial charge in [0.05, 0.1) is 10.5 Å². The van der Waals surface area contributed by atoms with Crippen LogP contribution in [-0.2, 0) is 23.7 Å². The number of piperazine rings is 1. The summed E-state index contributed by atoms with van der Waals surface area (Å²) >= 11 is 0. The molecule has 1 saturated heterocycles. The van der Waals surface area contributed by atoms with Gasteiger partial charge in [-0.25, -0.2) is 14.4 Å². The van der Waals surface area contributed by atoms with E-state index in [4.69, 9.17) is 19.8 Å². The lowest BCUT2D eigenvalue weighted by atomic mass is 10.00. The summed E-state index contributed by atoms with van der Waals surface area (Å²) in [6.45, 7) is 2.04. The number of anilines is 2. The van der Waals surface area contributed by atoms with E-state index in [0.717, 1.165) is 4.57 Å². The molecule has 14 nitrogen and oxygen atoms in total. The van der Waals surface area contributed by atoms with Gasteiger partial charge >= 0.3 is 17.6 Å². The molecule has 0 aliphatic carbocycles. The molecule has 204 valence electrons. The maximum absolute atomic E-state index is 13.2. The fraction of sp³-hybridized carbons (Fsp3) is 0.240. The molecule has 0 saturated carbocycles. The zero-order chi connectivity index (χ0) is 28.9. The normalized spacial score (nSPS) is 12.8. The predicted molar refractivity (Wildman–Crippen MR) is 140 cm³/mol. The first-order valence-corrected chi connectivity index (χ1v) is 11.5. The lowest BCUT2D eigenvalue weighted by molar-refractivity contribution is -0.384. The molecule has 1 aliphatic rings. The maximum atomic E-state index is 13.2. The van der Waals surface area contributed by atoms with Crippen molar-refractivity contribution < 1.29 is 29.5 Å². The molecule has 2 N–H and O–H groups in total. The highest BCUT2D eigenvalue weighted by Crippen LogP contribution is 2.29. The molecular weight excluding hydrogens is 514 g/mol. The smallest absolute Gasteiger partial charge is 0.414 e. The zero-order valence-corrected chi connectivity index (χ0v) is 21.0. The average molecular weight is 540 g/mol. The second kappa shape index (κ2) is 11.9. The molecule has 0 bridgehead atoms. The van der Waals surface area contributed by atoms with Gasteiger partial charge in [-0.1, -0.05) is 30.3 Å². The molecule has 0 spiro atoms. The number of carbonyl (C=O) groups excluding carboxylic acids is 1. The molecule has 14 heteroatoms. The number of non-ortho nitro benzene ring substituents is 1. The maximum Gasteiger partial charge on any atom is 0.414 e. The average Bonchev–Trinajstić information content (AvgIpc) is 2.94. The van der Waals surface area contributed by atoms with Gasteiger partial charge in [0.2, 0.25) is 0 Å². The number of nitro benzene ring substituents is 1. The lowest BCUT2D eigenvalue weighted by Gasteiger charge is -2.38. The van der Waals surface area contributed by atoms with E-state index in [1.54, 1.807) is 43.4 Å². The van der Waals surface area contributed by atoms with E-state index in [0.29, 0.717) is 43.2 Å². The van der Waals surface area contributed by atoms with Crippen molar-refractivity contribution >= 4 is 34.9 Å². The minimum atomic E-state index is -1.82. The first-order valence-electron chi connectivity index (χ1n) is 11.5. The number of hydrogen-bond donors (Lipinski definition) is 2. The number of ketones is 1. The minimum Gasteiger partial charge on any atom is -0.473 e. The summed E-state index contributed by atoms with van der Waals surface area (Å²) in [4.78, 5) is 70.5. The summed E-state index contributed by atoms with van der Waals surface area (Å²) in [6.07, 6.45) is 0. The third-order valence-corrected chi connectivity index (χ3v) is 6.10. The summed E-state index contributed by atoms with van der Waals surface area (Å²) in [6, 6.07) is 14.4. The van der Waals surface area contributed by atoms with E-state index < -0.39 is 22.6 Å². The number of rotatable bonds is 5. The highest BCUT2D eigenvalue weighted by atomic mass is 16.6. The number of aliphatic carboxylic acids is 2. The van der Waals surface area contributed by atoms with Gasteiger partial charge in [0.25, 0.3) is 11.2 Å². The van der Waals surface area contributed by atoms with Crippen molar-refractivity contribution in [3.63, 3.8) is 0 Å². The van der Waals surface area contributed by atoms with Gasteiger partial charge in [0, 0.05) is 69.7 Å². The van der Waals surface area contributed by atoms with Gasteiger partial charge in [-0.05, 0) is 6.07 Å². The van der Waals surface area contributed by atoms with E-state index in [-0.39, 0.29) is 22.6 Å². The summed E-state index contributed by atoms with van der Waals surface area (Å²) in [5.41, 5.74) is 0.421. The predicted octanol–water partition coefficient (Wildman–Crippen LogP) is 0.705. The van der Waals surface area contributed by atoms with Gasteiger partial charge in [-0.3, -0.25) is 28.8 Å². The SMILES string of the molecule is Cn1c(N2CCN(c3ccc([N+](=O)[O-])cc3C(=O)c3ccccc3)CC2)cc(=O)n(C)c1=O.O=C(O)C(=O)O. The Morgan fingerprint density at radius 2 is 1.38 bits per heavy atom. The van der Waals surface area contributed by atoms with E-state index in [1.165, 1.54) is 29.8 Å². The number of benzene rings is 2. The monoisotopic (exact) mass is 539 g/mol. The van der Waals surface area contributed by atoms with Crippen molar-refractivity contribution in [2.24, 2.45) is 14.1 Å². The molecule has 0 radical (unpaired) electrons. The standard InChI is InChI=1S/C23H23N5O5.C2H2O4/c1-24-20(15-21(29)25(2)23(24)31)27-12-10-26(11-13-27)19-9-8-17(28(32)33)14-18(19)22(30)16-6-4-3-5-7-16;3-1(4)2(5)6/h3-9,14-15H,10-13H2,1-2H3;(H,3,4)(H,5,6). The van der Waals surface area contributed by atoms with E-state index in [1.807, 2.05) is 9.80 Å². The van der Waals surface area contributed by atoms with Crippen LogP contribution >= 0.6 is 0 Å². The number of carboxylic acid groups (broad SMARTS) is 2. The first kappa shape index (κ1) is 28.3. The molecule has 0 amide bonds. The van der Waals surface area contributed by atoms with E-state index in [9.17, 15) is 24.5 Å². The summed E-state index contributed by atoms with van der Waals surface area (Å²) < 4.78 is 2.49. The number of nitrogens with zero attached hydrogens (tertiary/aromatic N) is 5. The second-order valence-electron chi connectivity index (χ2n) is 8.48. The molecule has 39 heavy (non-hydrogen) atoms. The van der Waals surface area contributed by atoms with Crippen LogP contribution in [0.2, 0.25) is 0 Å². The highest BCUT2D eigenvalue weighted by molar-refractivity contribution is 6.27. The molecule has 1 fully saturated rings. The Morgan fingerprint density at radius 3 is 1.92 bits per heavy atom. The topological polar surface area (TPSA) is 185 Å². The zero-order valence-electron chi connectivity index (χ0n) is 21.0. The third-order valence-electron chi connectivity index (χ3n) is 6.10. The Labute approximate surface area is 220 Å². The van der Waals surface area contributed by atoms with Gasteiger partial charge < -0.3 is 20.0 Å². The minimum absolute atomic E-state index is 0.146. The van der Waals surface area contributed by atoms with Crippen molar-refractivity contribution in [2.75, 3.05) is 36.0 Å².